The number of aromatic hydroxyl groups is 1. The lowest BCUT2D eigenvalue weighted by Gasteiger charge is -2.16. The molecule has 0 aromatic heterocycles. The van der Waals surface area contributed by atoms with Gasteiger partial charge in [-0.15, -0.1) is 0 Å². The van der Waals surface area contributed by atoms with Gasteiger partial charge in [0.2, 0.25) is 0 Å². The van der Waals surface area contributed by atoms with E-state index in [4.69, 9.17) is 0 Å². The highest BCUT2D eigenvalue weighted by molar-refractivity contribution is 5.44. The van der Waals surface area contributed by atoms with Crippen LogP contribution >= 0.6 is 0 Å². The minimum atomic E-state index is 0.462. The van der Waals surface area contributed by atoms with E-state index in [9.17, 15) is 5.11 Å². The Morgan fingerprint density at radius 2 is 1.48 bits per heavy atom. The van der Waals surface area contributed by atoms with Gasteiger partial charge in [-0.05, 0) is 37.3 Å². The van der Waals surface area contributed by atoms with Crippen LogP contribution in [0.25, 0.3) is 0 Å². The lowest BCUT2D eigenvalue weighted by molar-refractivity contribution is 0.453. The lowest BCUT2D eigenvalue weighted by Crippen LogP contribution is -1.97. The summed E-state index contributed by atoms with van der Waals surface area (Å²) in [4.78, 5) is 0. The molecule has 1 N–H and O–H groups in total. The van der Waals surface area contributed by atoms with E-state index < -0.39 is 0 Å². The molecule has 1 rings (SSSR count). The van der Waals surface area contributed by atoms with Crippen LogP contribution in [0, 0.1) is 13.8 Å². The number of hydrogen-bond donors (Lipinski definition) is 1. The molecule has 0 fully saturated rings. The number of benzene rings is 1. The molecule has 0 saturated heterocycles. The molecule has 1 atom stereocenters. The highest BCUT2D eigenvalue weighted by atomic mass is 16.3. The van der Waals surface area contributed by atoms with Gasteiger partial charge >= 0.3 is 0 Å². The number of rotatable bonds is 10. The highest BCUT2D eigenvalue weighted by Gasteiger charge is 2.12. The van der Waals surface area contributed by atoms with Crippen molar-refractivity contribution in [3.05, 3.63) is 28.8 Å². The molecule has 0 heterocycles. The van der Waals surface area contributed by atoms with Crippen LogP contribution in [0.1, 0.15) is 94.2 Å². The summed E-state index contributed by atoms with van der Waals surface area (Å²) in [6, 6.07) is 4.21. The molecular weight excluding hydrogens is 256 g/mol. The van der Waals surface area contributed by atoms with Crippen LogP contribution in [-0.4, -0.2) is 5.11 Å². The number of hydrogen-bond acceptors (Lipinski definition) is 1. The Labute approximate surface area is 131 Å². The van der Waals surface area contributed by atoms with E-state index in [2.05, 4.69) is 32.9 Å². The molecule has 0 aliphatic heterocycles. The van der Waals surface area contributed by atoms with Crippen molar-refractivity contribution in [1.29, 1.82) is 0 Å². The smallest absolute Gasteiger partial charge is 0.121 e. The lowest BCUT2D eigenvalue weighted by atomic mass is 9.91. The summed E-state index contributed by atoms with van der Waals surface area (Å²) < 4.78 is 0. The second-order valence-corrected chi connectivity index (χ2v) is 6.68. The van der Waals surface area contributed by atoms with Gasteiger partial charge in [0.15, 0.2) is 0 Å². The highest BCUT2D eigenvalue weighted by Crippen LogP contribution is 2.33. The van der Waals surface area contributed by atoms with Crippen LogP contribution in [-0.2, 0) is 0 Å². The normalized spacial score (nSPS) is 12.6. The Morgan fingerprint density at radius 3 is 2.10 bits per heavy atom. The van der Waals surface area contributed by atoms with Gasteiger partial charge in [0.25, 0.3) is 0 Å². The van der Waals surface area contributed by atoms with Crippen molar-refractivity contribution >= 4 is 0 Å². The first-order valence-electron chi connectivity index (χ1n) is 8.86. The van der Waals surface area contributed by atoms with E-state index in [1.807, 2.05) is 6.92 Å². The van der Waals surface area contributed by atoms with Crippen LogP contribution in [0.15, 0.2) is 12.1 Å². The van der Waals surface area contributed by atoms with Gasteiger partial charge in [0.1, 0.15) is 5.75 Å². The van der Waals surface area contributed by atoms with Gasteiger partial charge in [-0.25, -0.2) is 0 Å². The molecule has 0 saturated carbocycles. The number of aryl methyl sites for hydroxylation is 2. The zero-order chi connectivity index (χ0) is 15.7. The van der Waals surface area contributed by atoms with Gasteiger partial charge in [-0.1, -0.05) is 82.9 Å². The molecule has 1 nitrogen and oxygen atoms in total. The minimum absolute atomic E-state index is 0.462. The minimum Gasteiger partial charge on any atom is -0.507 e. The maximum absolute atomic E-state index is 10.2. The van der Waals surface area contributed by atoms with Crippen molar-refractivity contribution in [2.24, 2.45) is 0 Å². The zero-order valence-corrected chi connectivity index (χ0v) is 14.5. The Bertz CT molecular complexity index is 409. The first-order chi connectivity index (χ1) is 10.1. The summed E-state index contributed by atoms with van der Waals surface area (Å²) in [6.45, 7) is 8.62. The molecule has 1 heteroatoms. The molecule has 1 aromatic carbocycles. The van der Waals surface area contributed by atoms with Crippen molar-refractivity contribution in [2.75, 3.05) is 0 Å². The molecule has 1 unspecified atom stereocenters. The summed E-state index contributed by atoms with van der Waals surface area (Å²) in [5.74, 6) is 0.969. The van der Waals surface area contributed by atoms with Crippen LogP contribution in [0.4, 0.5) is 0 Å². The number of phenolic OH excluding ortho intramolecular Hbond substituents is 1. The van der Waals surface area contributed by atoms with Crippen molar-refractivity contribution in [3.63, 3.8) is 0 Å². The van der Waals surface area contributed by atoms with Gasteiger partial charge < -0.3 is 5.11 Å². The molecule has 120 valence electrons. The van der Waals surface area contributed by atoms with Crippen molar-refractivity contribution in [2.45, 2.75) is 91.4 Å². The van der Waals surface area contributed by atoms with Crippen LogP contribution in [0.3, 0.4) is 0 Å². The van der Waals surface area contributed by atoms with E-state index in [-0.39, 0.29) is 0 Å². The average Bonchev–Trinajstić information content (AvgIpc) is 2.45. The molecule has 0 amide bonds. The third-order valence-electron chi connectivity index (χ3n) is 4.50. The quantitative estimate of drug-likeness (QED) is 0.479. The van der Waals surface area contributed by atoms with Gasteiger partial charge in [0, 0.05) is 0 Å². The fourth-order valence-corrected chi connectivity index (χ4v) is 3.11. The maximum atomic E-state index is 10.2. The van der Waals surface area contributed by atoms with E-state index in [1.54, 1.807) is 0 Å². The monoisotopic (exact) mass is 290 g/mol. The molecule has 0 aliphatic carbocycles. The molecule has 1 aromatic rings. The van der Waals surface area contributed by atoms with E-state index in [0.29, 0.717) is 11.7 Å². The molecular formula is C20H34O. The predicted molar refractivity (Wildman–Crippen MR) is 93.2 cm³/mol. The Morgan fingerprint density at radius 1 is 0.905 bits per heavy atom. The summed E-state index contributed by atoms with van der Waals surface area (Å²) in [6.07, 6.45) is 12.1. The Balaban J connectivity index is 2.27. The van der Waals surface area contributed by atoms with Crippen molar-refractivity contribution in [1.82, 2.24) is 0 Å². The predicted octanol–water partition coefficient (Wildman–Crippen LogP) is 6.64. The Kier molecular flexibility index (Phi) is 8.49. The van der Waals surface area contributed by atoms with Crippen molar-refractivity contribution in [3.8, 4) is 5.75 Å². The van der Waals surface area contributed by atoms with Crippen LogP contribution < -0.4 is 0 Å². The van der Waals surface area contributed by atoms with E-state index >= 15 is 0 Å². The first-order valence-corrected chi connectivity index (χ1v) is 8.86. The largest absolute Gasteiger partial charge is 0.507 e. The van der Waals surface area contributed by atoms with E-state index in [1.165, 1.54) is 63.4 Å². The summed E-state index contributed by atoms with van der Waals surface area (Å²) in [5, 5.41) is 10.2. The topological polar surface area (TPSA) is 20.2 Å². The van der Waals surface area contributed by atoms with Crippen LogP contribution in [0.2, 0.25) is 0 Å². The van der Waals surface area contributed by atoms with Gasteiger partial charge in [0.05, 0.1) is 0 Å². The fraction of sp³-hybridized carbons (Fsp3) is 0.700. The number of unbranched alkanes of at least 4 members (excludes halogenated alkanes) is 7. The maximum Gasteiger partial charge on any atom is 0.121 e. The summed E-state index contributed by atoms with van der Waals surface area (Å²) in [7, 11) is 0. The second-order valence-electron chi connectivity index (χ2n) is 6.68. The van der Waals surface area contributed by atoms with Gasteiger partial charge in [-0.2, -0.15) is 0 Å². The van der Waals surface area contributed by atoms with Crippen molar-refractivity contribution < 1.29 is 5.11 Å². The summed E-state index contributed by atoms with van der Waals surface area (Å²) in [5.41, 5.74) is 3.39. The van der Waals surface area contributed by atoms with Gasteiger partial charge in [-0.3, -0.25) is 0 Å². The molecule has 0 bridgehead atoms. The molecule has 0 spiro atoms. The third kappa shape index (κ3) is 6.54. The number of phenols is 1. The SMILES string of the molecule is CCCCCCCCCCC(C)c1cc(C)cc(C)c1O. The van der Waals surface area contributed by atoms with Crippen LogP contribution in [0.5, 0.6) is 5.75 Å². The fourth-order valence-electron chi connectivity index (χ4n) is 3.11. The average molecular weight is 290 g/mol. The molecule has 0 radical (unpaired) electrons. The van der Waals surface area contributed by atoms with E-state index in [0.717, 1.165) is 11.1 Å². The third-order valence-corrected chi connectivity index (χ3v) is 4.50. The molecule has 21 heavy (non-hydrogen) atoms. The molecule has 0 aliphatic rings. The first kappa shape index (κ1) is 18.1. The zero-order valence-electron chi connectivity index (χ0n) is 14.5. The second kappa shape index (κ2) is 9.87. The summed E-state index contributed by atoms with van der Waals surface area (Å²) >= 11 is 0. The Hall–Kier alpha value is -0.980. The standard InChI is InChI=1S/C20H34O/c1-5-6-7-8-9-10-11-12-13-17(3)19-15-16(2)14-18(4)20(19)21/h14-15,17,21H,5-13H2,1-4H3.